The van der Waals surface area contributed by atoms with Crippen LogP contribution in [-0.2, 0) is 29.0 Å². The van der Waals surface area contributed by atoms with Crippen LogP contribution in [0.4, 0.5) is 4.79 Å². The smallest absolute Gasteiger partial charge is 0.315 e. The van der Waals surface area contributed by atoms with Gasteiger partial charge in [-0.1, -0.05) is 73.6 Å². The number of fused-ring (bicyclic) bond motifs is 1. The second-order valence-electron chi connectivity index (χ2n) is 17.8. The van der Waals surface area contributed by atoms with E-state index in [0.717, 1.165) is 38.5 Å². The molecule has 3 saturated carbocycles. The molecule has 5 amide bonds. The highest BCUT2D eigenvalue weighted by Gasteiger charge is 2.70. The van der Waals surface area contributed by atoms with E-state index in [0.29, 0.717) is 32.2 Å². The van der Waals surface area contributed by atoms with Crippen LogP contribution in [0.15, 0.2) is 0 Å². The van der Waals surface area contributed by atoms with E-state index in [-0.39, 0.29) is 29.0 Å². The summed E-state index contributed by atoms with van der Waals surface area (Å²) >= 11 is 0. The molecule has 0 aromatic carbocycles. The number of amides is 5. The van der Waals surface area contributed by atoms with E-state index < -0.39 is 73.2 Å². The maximum Gasteiger partial charge on any atom is 0.315 e. The van der Waals surface area contributed by atoms with E-state index in [4.69, 9.17) is 0 Å². The standard InChI is InChI=1S/C36H61N5O7S/c1-10-11-15-24(27(42)30(44)37-22-16-17-22)38-29(43)26-25-23(35(25,8)9)20-41(26)31(45)28(33(2,3)4)39-32(46)40-36(18-13-12-14-19-36)21-49(47,48)34(5,6)7/h22-26,28H,10-21H2,1-9H3,(H,37,44)(H,38,43)(H2,39,40,46)/t23-,24-,25-,26-,28+/m0/s1. The monoisotopic (exact) mass is 707 g/mol. The van der Waals surface area contributed by atoms with Gasteiger partial charge in [0.05, 0.1) is 22.1 Å². The maximum absolute atomic E-state index is 14.5. The Bertz CT molecular complexity index is 1400. The number of sulfone groups is 1. The van der Waals surface area contributed by atoms with Gasteiger partial charge in [-0.3, -0.25) is 19.2 Å². The minimum Gasteiger partial charge on any atom is -0.347 e. The quantitative estimate of drug-likeness (QED) is 0.212. The van der Waals surface area contributed by atoms with Gasteiger partial charge in [-0.25, -0.2) is 13.2 Å². The number of piperidine rings is 1. The Balaban J connectivity index is 1.54. The summed E-state index contributed by atoms with van der Waals surface area (Å²) in [5, 5.41) is 11.5. The molecule has 0 aromatic rings. The lowest BCUT2D eigenvalue weighted by Gasteiger charge is -2.41. The van der Waals surface area contributed by atoms with Crippen molar-refractivity contribution in [3.8, 4) is 0 Å². The minimum absolute atomic E-state index is 0.00450. The average Bonchev–Trinajstić information content (AvgIpc) is 3.83. The first-order valence-electron chi connectivity index (χ1n) is 18.3. The molecule has 0 bridgehead atoms. The lowest BCUT2D eigenvalue weighted by Crippen LogP contribution is -2.64. The van der Waals surface area contributed by atoms with Gasteiger partial charge in [0, 0.05) is 12.6 Å². The van der Waals surface area contributed by atoms with Gasteiger partial charge in [0.25, 0.3) is 5.91 Å². The van der Waals surface area contributed by atoms with Crippen LogP contribution in [0.3, 0.4) is 0 Å². The number of carbonyl (C=O) groups is 5. The summed E-state index contributed by atoms with van der Waals surface area (Å²) in [5.74, 6) is -2.50. The number of hydrogen-bond acceptors (Lipinski definition) is 7. The van der Waals surface area contributed by atoms with Crippen LogP contribution in [-0.4, -0.2) is 89.6 Å². The molecule has 13 heteroatoms. The highest BCUT2D eigenvalue weighted by molar-refractivity contribution is 7.92. The van der Waals surface area contributed by atoms with Gasteiger partial charge in [0.1, 0.15) is 12.1 Å². The van der Waals surface area contributed by atoms with Crippen LogP contribution in [0.5, 0.6) is 0 Å². The number of hydrogen-bond donors (Lipinski definition) is 4. The summed E-state index contributed by atoms with van der Waals surface area (Å²) in [6.45, 7) is 16.9. The van der Waals surface area contributed by atoms with Gasteiger partial charge in [0.2, 0.25) is 17.6 Å². The maximum atomic E-state index is 14.5. The van der Waals surface area contributed by atoms with Crippen LogP contribution >= 0.6 is 0 Å². The molecule has 0 spiro atoms. The molecule has 0 aromatic heterocycles. The third-order valence-electron chi connectivity index (χ3n) is 11.4. The number of carbonyl (C=O) groups excluding carboxylic acids is 5. The third kappa shape index (κ3) is 8.79. The fourth-order valence-corrected chi connectivity index (χ4v) is 9.25. The second kappa shape index (κ2) is 14.1. The SMILES string of the molecule is CCCC[C@H](NC(=O)[C@@H]1[C@@H]2[C@H](CN1C(=O)[C@@H](NC(=O)NC1(CS(=O)(=O)C(C)(C)C)CCCCC1)C(C)(C)C)C2(C)C)C(=O)C(=O)NC1CC1. The molecule has 1 heterocycles. The van der Waals surface area contributed by atoms with E-state index in [1.165, 1.54) is 4.90 Å². The van der Waals surface area contributed by atoms with Crippen LogP contribution in [0.2, 0.25) is 0 Å². The highest BCUT2D eigenvalue weighted by Crippen LogP contribution is 2.65. The number of unbranched alkanes of at least 4 members (excludes halogenated alkanes) is 1. The Morgan fingerprint density at radius 3 is 2.06 bits per heavy atom. The van der Waals surface area contributed by atoms with Crippen molar-refractivity contribution in [3.63, 3.8) is 0 Å². The van der Waals surface area contributed by atoms with E-state index in [9.17, 15) is 32.4 Å². The molecule has 49 heavy (non-hydrogen) atoms. The zero-order chi connectivity index (χ0) is 36.7. The van der Waals surface area contributed by atoms with Crippen molar-refractivity contribution < 1.29 is 32.4 Å². The van der Waals surface area contributed by atoms with Gasteiger partial charge in [-0.05, 0) is 75.5 Å². The van der Waals surface area contributed by atoms with Crippen LogP contribution in [0.1, 0.15) is 127 Å². The Morgan fingerprint density at radius 1 is 0.918 bits per heavy atom. The fourth-order valence-electron chi connectivity index (χ4n) is 7.73. The summed E-state index contributed by atoms with van der Waals surface area (Å²) in [5.41, 5.74) is -1.90. The molecule has 3 aliphatic carbocycles. The summed E-state index contributed by atoms with van der Waals surface area (Å²) in [4.78, 5) is 69.7. The van der Waals surface area contributed by atoms with E-state index in [2.05, 4.69) is 35.1 Å². The summed E-state index contributed by atoms with van der Waals surface area (Å²) in [6.07, 6.45) is 6.97. The van der Waals surface area contributed by atoms with Gasteiger partial charge >= 0.3 is 6.03 Å². The van der Waals surface area contributed by atoms with Crippen molar-refractivity contribution in [2.24, 2.45) is 22.7 Å². The molecule has 4 N–H and O–H groups in total. The molecule has 12 nitrogen and oxygen atoms in total. The van der Waals surface area contributed by atoms with Crippen molar-refractivity contribution in [1.29, 1.82) is 0 Å². The Hall–Kier alpha value is -2.70. The van der Waals surface area contributed by atoms with Gasteiger partial charge in [-0.15, -0.1) is 0 Å². The minimum atomic E-state index is -3.56. The zero-order valence-corrected chi connectivity index (χ0v) is 32.0. The predicted molar refractivity (Wildman–Crippen MR) is 188 cm³/mol. The second-order valence-corrected chi connectivity index (χ2v) is 20.6. The van der Waals surface area contributed by atoms with Gasteiger partial charge in [-0.2, -0.15) is 0 Å². The van der Waals surface area contributed by atoms with Crippen molar-refractivity contribution in [3.05, 3.63) is 0 Å². The summed E-state index contributed by atoms with van der Waals surface area (Å²) in [7, 11) is -3.56. The lowest BCUT2D eigenvalue weighted by atomic mass is 9.83. The van der Waals surface area contributed by atoms with Crippen LogP contribution in [0, 0.1) is 22.7 Å². The molecule has 4 fully saturated rings. The number of ketones is 1. The molecule has 4 aliphatic rings. The highest BCUT2D eigenvalue weighted by atomic mass is 32.2. The molecule has 5 atom stereocenters. The molecular weight excluding hydrogens is 646 g/mol. The van der Waals surface area contributed by atoms with Gasteiger partial charge < -0.3 is 26.2 Å². The number of nitrogens with one attached hydrogen (secondary N) is 4. The first kappa shape index (κ1) is 39.1. The molecule has 1 aliphatic heterocycles. The molecule has 278 valence electrons. The third-order valence-corrected chi connectivity index (χ3v) is 14.2. The lowest BCUT2D eigenvalue weighted by molar-refractivity contribution is -0.145. The molecule has 0 radical (unpaired) electrons. The Kier molecular flexibility index (Phi) is 11.3. The van der Waals surface area contributed by atoms with Crippen molar-refractivity contribution >= 4 is 39.4 Å². The number of nitrogens with zero attached hydrogens (tertiary/aromatic N) is 1. The topological polar surface area (TPSA) is 171 Å². The van der Waals surface area contributed by atoms with Crippen LogP contribution < -0.4 is 21.3 Å². The number of rotatable bonds is 13. The molecule has 1 saturated heterocycles. The fraction of sp³-hybridized carbons (Fsp3) is 0.861. The number of likely N-dealkylation sites (tertiary alicyclic amines) is 1. The van der Waals surface area contributed by atoms with Crippen molar-refractivity contribution in [2.75, 3.05) is 12.3 Å². The van der Waals surface area contributed by atoms with E-state index in [1.54, 1.807) is 20.8 Å². The van der Waals surface area contributed by atoms with E-state index in [1.807, 2.05) is 27.7 Å². The van der Waals surface area contributed by atoms with Crippen LogP contribution in [0.25, 0.3) is 0 Å². The Morgan fingerprint density at radius 2 is 1.53 bits per heavy atom. The summed E-state index contributed by atoms with van der Waals surface area (Å²) < 4.78 is 25.6. The molecule has 0 unspecified atom stereocenters. The summed E-state index contributed by atoms with van der Waals surface area (Å²) in [6, 6.07) is -3.50. The first-order valence-corrected chi connectivity index (χ1v) is 20.0. The average molecular weight is 708 g/mol. The number of urea groups is 1. The largest absolute Gasteiger partial charge is 0.347 e. The van der Waals surface area contributed by atoms with Gasteiger partial charge in [0.15, 0.2) is 9.84 Å². The molecular formula is C36H61N5O7S. The predicted octanol–water partition coefficient (Wildman–Crippen LogP) is 3.62. The van der Waals surface area contributed by atoms with Crippen molar-refractivity contribution in [2.45, 2.75) is 161 Å². The zero-order valence-electron chi connectivity index (χ0n) is 31.2. The normalized spacial score (nSPS) is 25.7. The molecule has 4 rings (SSSR count). The Labute approximate surface area is 293 Å². The number of Topliss-reactive ketones (excluding diaryl/α,β-unsaturated/α-hetero) is 1. The van der Waals surface area contributed by atoms with E-state index >= 15 is 0 Å². The first-order chi connectivity index (χ1) is 22.5. The van der Waals surface area contributed by atoms with Crippen molar-refractivity contribution in [1.82, 2.24) is 26.2 Å².